The lowest BCUT2D eigenvalue weighted by molar-refractivity contribution is -0.492. The molecule has 1 radical (unpaired) electrons. The Hall–Kier alpha value is -1.91. The van der Waals surface area contributed by atoms with E-state index in [0.717, 1.165) is 5.01 Å². The van der Waals surface area contributed by atoms with E-state index in [0.29, 0.717) is 5.69 Å². The predicted octanol–water partition coefficient (Wildman–Crippen LogP) is 0.794. The Morgan fingerprint density at radius 2 is 2.00 bits per heavy atom. The van der Waals surface area contributed by atoms with Crippen LogP contribution in [0.3, 0.4) is 0 Å². The Morgan fingerprint density at radius 1 is 1.38 bits per heavy atom. The van der Waals surface area contributed by atoms with Crippen LogP contribution in [0.15, 0.2) is 30.3 Å². The average molecular weight is 179 g/mol. The van der Waals surface area contributed by atoms with Gasteiger partial charge in [0.2, 0.25) is 6.29 Å². The molecule has 13 heavy (non-hydrogen) atoms. The third-order valence-corrected chi connectivity index (χ3v) is 1.47. The highest BCUT2D eigenvalue weighted by Crippen LogP contribution is 2.11. The van der Waals surface area contributed by atoms with Gasteiger partial charge < -0.3 is 0 Å². The number of hydrogen-bond donors (Lipinski definition) is 0. The van der Waals surface area contributed by atoms with E-state index in [1.54, 1.807) is 30.3 Å². The first-order valence-electron chi connectivity index (χ1n) is 3.57. The molecule has 0 unspecified atom stereocenters. The summed E-state index contributed by atoms with van der Waals surface area (Å²) in [5.74, 6) is 0. The fourth-order valence-corrected chi connectivity index (χ4v) is 0.905. The first kappa shape index (κ1) is 9.18. The van der Waals surface area contributed by atoms with E-state index < -0.39 is 5.03 Å². The molecule has 5 nitrogen and oxygen atoms in total. The molecule has 0 fully saturated rings. The summed E-state index contributed by atoms with van der Waals surface area (Å²) in [5.41, 5.74) is 0.371. The van der Waals surface area contributed by atoms with Gasteiger partial charge in [0.25, 0.3) is 0 Å². The van der Waals surface area contributed by atoms with Crippen molar-refractivity contribution >= 4 is 12.0 Å². The molecule has 67 valence electrons. The Balaban J connectivity index is 2.88. The zero-order chi connectivity index (χ0) is 9.68. The van der Waals surface area contributed by atoms with Gasteiger partial charge in [0, 0.05) is 0 Å². The van der Waals surface area contributed by atoms with Crippen molar-refractivity contribution in [2.24, 2.45) is 0 Å². The van der Waals surface area contributed by atoms with Crippen LogP contribution in [-0.2, 0) is 4.79 Å². The SMILES string of the molecule is O=[C]CN(c1ccccc1)[N+](=O)[O-]. The zero-order valence-corrected chi connectivity index (χ0v) is 6.71. The Morgan fingerprint density at radius 3 is 2.46 bits per heavy atom. The lowest BCUT2D eigenvalue weighted by Crippen LogP contribution is -2.31. The maximum Gasteiger partial charge on any atom is 0.226 e. The molecular weight excluding hydrogens is 172 g/mol. The van der Waals surface area contributed by atoms with Crippen LogP contribution in [-0.4, -0.2) is 17.9 Å². The van der Waals surface area contributed by atoms with Crippen molar-refractivity contribution in [3.63, 3.8) is 0 Å². The molecule has 0 aliphatic heterocycles. The van der Waals surface area contributed by atoms with Crippen molar-refractivity contribution in [1.82, 2.24) is 0 Å². The van der Waals surface area contributed by atoms with Gasteiger partial charge in [0.05, 0.1) is 0 Å². The third-order valence-electron chi connectivity index (χ3n) is 1.47. The highest BCUT2D eigenvalue weighted by atomic mass is 16.7. The van der Waals surface area contributed by atoms with E-state index in [1.807, 2.05) is 0 Å². The number of nitro groups is 1. The van der Waals surface area contributed by atoms with Gasteiger partial charge in [0.1, 0.15) is 5.69 Å². The van der Waals surface area contributed by atoms with Crippen LogP contribution < -0.4 is 5.01 Å². The highest BCUT2D eigenvalue weighted by molar-refractivity contribution is 5.60. The van der Waals surface area contributed by atoms with Crippen molar-refractivity contribution in [3.8, 4) is 0 Å². The third kappa shape index (κ3) is 2.26. The van der Waals surface area contributed by atoms with Crippen molar-refractivity contribution in [1.29, 1.82) is 0 Å². The fraction of sp³-hybridized carbons (Fsp3) is 0.125. The molecular formula is C8H7N2O3. The minimum atomic E-state index is -0.639. The minimum absolute atomic E-state index is 0.364. The second-order valence-electron chi connectivity index (χ2n) is 2.28. The van der Waals surface area contributed by atoms with Crippen molar-refractivity contribution < 1.29 is 9.83 Å². The fourth-order valence-electron chi connectivity index (χ4n) is 0.905. The second kappa shape index (κ2) is 4.20. The van der Waals surface area contributed by atoms with Crippen molar-refractivity contribution in [2.45, 2.75) is 0 Å². The number of rotatable bonds is 4. The summed E-state index contributed by atoms with van der Waals surface area (Å²) >= 11 is 0. The largest absolute Gasteiger partial charge is 0.289 e. The number of hydrogen-bond acceptors (Lipinski definition) is 3. The number of para-hydroxylation sites is 1. The monoisotopic (exact) mass is 179 g/mol. The molecule has 1 rings (SSSR count). The number of hydrazine groups is 1. The maximum atomic E-state index is 10.4. The normalized spacial score (nSPS) is 9.23. The molecule has 0 heterocycles. The molecule has 0 aliphatic carbocycles. The smallest absolute Gasteiger partial charge is 0.226 e. The quantitative estimate of drug-likeness (QED) is 0.506. The Labute approximate surface area is 74.7 Å². The van der Waals surface area contributed by atoms with E-state index in [-0.39, 0.29) is 6.54 Å². The molecule has 0 aliphatic rings. The van der Waals surface area contributed by atoms with E-state index in [9.17, 15) is 14.9 Å². The molecule has 0 bridgehead atoms. The summed E-state index contributed by atoms with van der Waals surface area (Å²) in [5, 5.41) is 10.5. The number of benzene rings is 1. The molecule has 0 N–H and O–H groups in total. The molecule has 0 saturated carbocycles. The van der Waals surface area contributed by atoms with Crippen LogP contribution in [0, 0.1) is 10.1 Å². The zero-order valence-electron chi connectivity index (χ0n) is 6.71. The van der Waals surface area contributed by atoms with Gasteiger partial charge in [-0.05, 0) is 12.1 Å². The lowest BCUT2D eigenvalue weighted by Gasteiger charge is -2.09. The van der Waals surface area contributed by atoms with E-state index in [1.165, 1.54) is 6.29 Å². The van der Waals surface area contributed by atoms with E-state index >= 15 is 0 Å². The maximum absolute atomic E-state index is 10.4. The van der Waals surface area contributed by atoms with Crippen molar-refractivity contribution in [2.75, 3.05) is 11.6 Å². The van der Waals surface area contributed by atoms with Gasteiger partial charge in [-0.1, -0.05) is 23.2 Å². The van der Waals surface area contributed by atoms with Gasteiger partial charge in [-0.3, -0.25) is 4.79 Å². The first-order valence-corrected chi connectivity index (χ1v) is 3.57. The Bertz CT molecular complexity index is 300. The average Bonchev–Trinajstić information content (AvgIpc) is 2.15. The van der Waals surface area contributed by atoms with Gasteiger partial charge in [-0.15, -0.1) is 0 Å². The molecule has 0 atom stereocenters. The molecule has 0 aromatic heterocycles. The first-order chi connectivity index (χ1) is 6.25. The van der Waals surface area contributed by atoms with Crippen LogP contribution in [0.2, 0.25) is 0 Å². The van der Waals surface area contributed by atoms with Crippen LogP contribution in [0.1, 0.15) is 0 Å². The van der Waals surface area contributed by atoms with Crippen LogP contribution in [0.4, 0.5) is 5.69 Å². The van der Waals surface area contributed by atoms with Gasteiger partial charge in [-0.25, -0.2) is 10.1 Å². The summed E-state index contributed by atoms with van der Waals surface area (Å²) in [6, 6.07) is 8.18. The highest BCUT2D eigenvalue weighted by Gasteiger charge is 2.15. The summed E-state index contributed by atoms with van der Waals surface area (Å²) in [7, 11) is 0. The van der Waals surface area contributed by atoms with E-state index in [4.69, 9.17) is 0 Å². The summed E-state index contributed by atoms with van der Waals surface area (Å²) in [6.07, 6.45) is 1.48. The molecule has 1 aromatic carbocycles. The Kier molecular flexibility index (Phi) is 2.97. The van der Waals surface area contributed by atoms with Gasteiger partial charge in [0.15, 0.2) is 11.6 Å². The van der Waals surface area contributed by atoms with Crippen LogP contribution >= 0.6 is 0 Å². The number of nitrogens with zero attached hydrogens (tertiary/aromatic N) is 2. The van der Waals surface area contributed by atoms with Crippen molar-refractivity contribution in [3.05, 3.63) is 40.4 Å². The molecule has 1 aromatic rings. The topological polar surface area (TPSA) is 63.5 Å². The minimum Gasteiger partial charge on any atom is -0.289 e. The van der Waals surface area contributed by atoms with Crippen LogP contribution in [0.5, 0.6) is 0 Å². The van der Waals surface area contributed by atoms with Gasteiger partial charge in [-0.2, -0.15) is 0 Å². The summed E-state index contributed by atoms with van der Waals surface area (Å²) in [4.78, 5) is 20.5. The predicted molar refractivity (Wildman–Crippen MR) is 46.5 cm³/mol. The molecule has 0 spiro atoms. The standard InChI is InChI=1S/C8H7N2O3/c11-7-6-9(10(12)13)8-4-2-1-3-5-8/h1-5H,6H2. The number of carbonyl (C=O) groups excluding carboxylic acids is 1. The lowest BCUT2D eigenvalue weighted by atomic mass is 10.3. The molecule has 0 saturated heterocycles. The molecule has 5 heteroatoms. The van der Waals surface area contributed by atoms with Gasteiger partial charge >= 0.3 is 0 Å². The summed E-state index contributed by atoms with van der Waals surface area (Å²) < 4.78 is 0. The number of anilines is 1. The second-order valence-corrected chi connectivity index (χ2v) is 2.28. The van der Waals surface area contributed by atoms with E-state index in [2.05, 4.69) is 0 Å². The van der Waals surface area contributed by atoms with Crippen LogP contribution in [0.25, 0.3) is 0 Å². The summed E-state index contributed by atoms with van der Waals surface area (Å²) in [6.45, 7) is -0.364. The molecule has 0 amide bonds.